The van der Waals surface area contributed by atoms with Crippen LogP contribution in [0.3, 0.4) is 0 Å². The van der Waals surface area contributed by atoms with Gasteiger partial charge >= 0.3 is 0 Å². The molecule has 0 spiro atoms. The Labute approximate surface area is 106 Å². The van der Waals surface area contributed by atoms with E-state index >= 15 is 0 Å². The number of rotatable bonds is 5. The fourth-order valence-corrected chi connectivity index (χ4v) is 1.82. The van der Waals surface area contributed by atoms with Gasteiger partial charge in [0.2, 0.25) is 0 Å². The van der Waals surface area contributed by atoms with Crippen molar-refractivity contribution >= 4 is 5.78 Å². The van der Waals surface area contributed by atoms with Gasteiger partial charge in [-0.1, -0.05) is 30.3 Å². The van der Waals surface area contributed by atoms with E-state index in [9.17, 15) is 4.79 Å². The van der Waals surface area contributed by atoms with E-state index in [0.717, 1.165) is 12.1 Å². The Bertz CT molecular complexity index is 519. The number of hydrogen-bond donors (Lipinski definition) is 1. The fraction of sp³-hybridized carbons (Fsp3) is 0.286. The monoisotopic (exact) mass is 243 g/mol. The lowest BCUT2D eigenvalue weighted by Crippen LogP contribution is -2.15. The number of aryl methyl sites for hydroxylation is 1. The molecule has 0 aliphatic carbocycles. The van der Waals surface area contributed by atoms with Gasteiger partial charge in [-0.15, -0.1) is 0 Å². The first-order chi connectivity index (χ1) is 8.70. The molecule has 2 aromatic rings. The summed E-state index contributed by atoms with van der Waals surface area (Å²) in [6.45, 7) is 2.75. The van der Waals surface area contributed by atoms with Crippen LogP contribution in [0.2, 0.25) is 0 Å². The van der Waals surface area contributed by atoms with Gasteiger partial charge in [-0.25, -0.2) is 0 Å². The zero-order valence-electron chi connectivity index (χ0n) is 10.4. The van der Waals surface area contributed by atoms with Crippen LogP contribution in [0, 0.1) is 0 Å². The van der Waals surface area contributed by atoms with Crippen molar-refractivity contribution in [2.75, 3.05) is 0 Å². The number of hydrogen-bond acceptors (Lipinski definition) is 3. The number of carbonyl (C=O) groups is 1. The van der Waals surface area contributed by atoms with Crippen molar-refractivity contribution in [3.63, 3.8) is 0 Å². The smallest absolute Gasteiger partial charge is 0.167 e. The van der Waals surface area contributed by atoms with Gasteiger partial charge in [0.05, 0.1) is 11.8 Å². The first-order valence-electron chi connectivity index (χ1n) is 6.07. The lowest BCUT2D eigenvalue weighted by molar-refractivity contribution is 0.0974. The topological polar surface area (TPSA) is 60.9 Å². The van der Waals surface area contributed by atoms with Crippen LogP contribution in [0.25, 0.3) is 0 Å². The summed E-state index contributed by atoms with van der Waals surface area (Å²) in [6.07, 6.45) is 3.67. The SMILES string of the molecule is CCn1cc(C(=O)CC(N)c2ccccc2)cn1. The number of Topliss-reactive ketones (excluding diaryl/α,β-unsaturated/α-hetero) is 1. The molecule has 0 bridgehead atoms. The quantitative estimate of drug-likeness (QED) is 0.819. The molecule has 0 saturated carbocycles. The lowest BCUT2D eigenvalue weighted by Gasteiger charge is -2.10. The predicted octanol–water partition coefficient (Wildman–Crippen LogP) is 2.18. The van der Waals surface area contributed by atoms with Gasteiger partial charge in [0.1, 0.15) is 0 Å². The molecular weight excluding hydrogens is 226 g/mol. The van der Waals surface area contributed by atoms with E-state index in [2.05, 4.69) is 5.10 Å². The van der Waals surface area contributed by atoms with Crippen LogP contribution in [-0.4, -0.2) is 15.6 Å². The highest BCUT2D eigenvalue weighted by molar-refractivity contribution is 5.96. The molecule has 4 heteroatoms. The molecule has 0 amide bonds. The third-order valence-corrected chi connectivity index (χ3v) is 2.91. The van der Waals surface area contributed by atoms with Gasteiger partial charge in [0, 0.05) is 25.2 Å². The number of ketones is 1. The molecule has 2 rings (SSSR count). The second kappa shape index (κ2) is 5.60. The minimum absolute atomic E-state index is 0.0334. The van der Waals surface area contributed by atoms with E-state index in [4.69, 9.17) is 5.73 Å². The highest BCUT2D eigenvalue weighted by Crippen LogP contribution is 2.16. The Kier molecular flexibility index (Phi) is 3.89. The molecule has 94 valence electrons. The number of carbonyl (C=O) groups excluding carboxylic acids is 1. The average molecular weight is 243 g/mol. The van der Waals surface area contributed by atoms with E-state index in [1.165, 1.54) is 0 Å². The van der Waals surface area contributed by atoms with Crippen molar-refractivity contribution in [1.82, 2.24) is 9.78 Å². The maximum Gasteiger partial charge on any atom is 0.167 e. The Morgan fingerprint density at radius 2 is 2.11 bits per heavy atom. The van der Waals surface area contributed by atoms with Gasteiger partial charge in [0.25, 0.3) is 0 Å². The zero-order valence-corrected chi connectivity index (χ0v) is 10.4. The maximum atomic E-state index is 12.0. The van der Waals surface area contributed by atoms with Gasteiger partial charge < -0.3 is 5.73 Å². The van der Waals surface area contributed by atoms with Crippen LogP contribution in [0.5, 0.6) is 0 Å². The molecule has 1 aromatic carbocycles. The molecule has 18 heavy (non-hydrogen) atoms. The molecule has 2 N–H and O–H groups in total. The molecule has 0 saturated heterocycles. The molecular formula is C14H17N3O. The number of aromatic nitrogens is 2. The summed E-state index contributed by atoms with van der Waals surface area (Å²) in [5.74, 6) is 0.0334. The molecule has 1 aromatic heterocycles. The van der Waals surface area contributed by atoms with Crippen molar-refractivity contribution in [2.24, 2.45) is 5.73 Å². The van der Waals surface area contributed by atoms with Gasteiger partial charge in [-0.3, -0.25) is 9.48 Å². The summed E-state index contributed by atoms with van der Waals surface area (Å²) in [6, 6.07) is 9.40. The highest BCUT2D eigenvalue weighted by Gasteiger charge is 2.14. The first kappa shape index (κ1) is 12.5. The summed E-state index contributed by atoms with van der Waals surface area (Å²) in [5.41, 5.74) is 7.63. The standard InChI is InChI=1S/C14H17N3O/c1-2-17-10-12(9-16-17)14(18)8-13(15)11-6-4-3-5-7-11/h3-7,9-10,13H,2,8,15H2,1H3. The van der Waals surface area contributed by atoms with Gasteiger partial charge in [-0.05, 0) is 12.5 Å². The maximum absolute atomic E-state index is 12.0. The molecule has 1 heterocycles. The van der Waals surface area contributed by atoms with E-state index < -0.39 is 0 Å². The van der Waals surface area contributed by atoms with E-state index in [1.807, 2.05) is 37.3 Å². The predicted molar refractivity (Wildman–Crippen MR) is 70.2 cm³/mol. The third-order valence-electron chi connectivity index (χ3n) is 2.91. The van der Waals surface area contributed by atoms with Crippen molar-refractivity contribution in [3.8, 4) is 0 Å². The van der Waals surface area contributed by atoms with E-state index in [-0.39, 0.29) is 11.8 Å². The van der Waals surface area contributed by atoms with Crippen LogP contribution in [-0.2, 0) is 6.54 Å². The average Bonchev–Trinajstić information content (AvgIpc) is 2.88. The molecule has 1 unspecified atom stereocenters. The molecule has 0 fully saturated rings. The van der Waals surface area contributed by atoms with Crippen LogP contribution in [0.4, 0.5) is 0 Å². The Hall–Kier alpha value is -1.94. The summed E-state index contributed by atoms with van der Waals surface area (Å²) in [5, 5.41) is 4.09. The minimum atomic E-state index is -0.260. The molecule has 1 atom stereocenters. The lowest BCUT2D eigenvalue weighted by atomic mass is 10.0. The third kappa shape index (κ3) is 2.84. The van der Waals surface area contributed by atoms with Crippen molar-refractivity contribution in [2.45, 2.75) is 25.9 Å². The minimum Gasteiger partial charge on any atom is -0.324 e. The largest absolute Gasteiger partial charge is 0.324 e. The molecule has 0 radical (unpaired) electrons. The highest BCUT2D eigenvalue weighted by atomic mass is 16.1. The second-order valence-corrected chi connectivity index (χ2v) is 4.23. The van der Waals surface area contributed by atoms with Crippen LogP contribution in [0.1, 0.15) is 35.3 Å². The summed E-state index contributed by atoms with van der Waals surface area (Å²) >= 11 is 0. The van der Waals surface area contributed by atoms with Gasteiger partial charge in [-0.2, -0.15) is 5.10 Å². The summed E-state index contributed by atoms with van der Waals surface area (Å²) in [4.78, 5) is 12.0. The summed E-state index contributed by atoms with van der Waals surface area (Å²) in [7, 11) is 0. The molecule has 0 aliphatic rings. The zero-order chi connectivity index (χ0) is 13.0. The summed E-state index contributed by atoms with van der Waals surface area (Å²) < 4.78 is 1.74. The van der Waals surface area contributed by atoms with Crippen molar-refractivity contribution in [1.29, 1.82) is 0 Å². The molecule has 4 nitrogen and oxygen atoms in total. The number of benzene rings is 1. The van der Waals surface area contributed by atoms with Gasteiger partial charge in [0.15, 0.2) is 5.78 Å². The number of nitrogens with two attached hydrogens (primary N) is 1. The van der Waals surface area contributed by atoms with Crippen LogP contribution < -0.4 is 5.73 Å². The Morgan fingerprint density at radius 3 is 2.72 bits per heavy atom. The fourth-order valence-electron chi connectivity index (χ4n) is 1.82. The van der Waals surface area contributed by atoms with E-state index in [1.54, 1.807) is 17.1 Å². The normalized spacial score (nSPS) is 12.3. The van der Waals surface area contributed by atoms with Crippen LogP contribution in [0.15, 0.2) is 42.7 Å². The second-order valence-electron chi connectivity index (χ2n) is 4.23. The first-order valence-corrected chi connectivity index (χ1v) is 6.07. The van der Waals surface area contributed by atoms with Crippen LogP contribution >= 0.6 is 0 Å². The van der Waals surface area contributed by atoms with Crippen molar-refractivity contribution < 1.29 is 4.79 Å². The van der Waals surface area contributed by atoms with Crippen molar-refractivity contribution in [3.05, 3.63) is 53.9 Å². The Morgan fingerprint density at radius 1 is 1.39 bits per heavy atom. The van der Waals surface area contributed by atoms with E-state index in [0.29, 0.717) is 12.0 Å². The number of nitrogens with zero attached hydrogens (tertiary/aromatic N) is 2. The Balaban J connectivity index is 2.03. The molecule has 0 aliphatic heterocycles.